The zero-order chi connectivity index (χ0) is 17.4. The van der Waals surface area contributed by atoms with Crippen LogP contribution >= 0.6 is 11.6 Å². The Bertz CT molecular complexity index is 486. The number of hydrogen-bond acceptors (Lipinski definition) is 3. The summed E-state index contributed by atoms with van der Waals surface area (Å²) in [5, 5.41) is 4.31. The van der Waals surface area contributed by atoms with Gasteiger partial charge in [-0.25, -0.2) is 0 Å². The van der Waals surface area contributed by atoms with Gasteiger partial charge in [0.2, 0.25) is 0 Å². The number of benzene rings is 1. The van der Waals surface area contributed by atoms with E-state index in [9.17, 15) is 0 Å². The van der Waals surface area contributed by atoms with Gasteiger partial charge < -0.3 is 15.1 Å². The number of anilines is 1. The predicted molar refractivity (Wildman–Crippen MR) is 106 cm³/mol. The zero-order valence-electron chi connectivity index (χ0n) is 15.7. The summed E-state index contributed by atoms with van der Waals surface area (Å²) in [4.78, 5) is 4.93. The van der Waals surface area contributed by atoms with E-state index in [0.717, 1.165) is 30.5 Å². The Morgan fingerprint density at radius 3 is 2.58 bits per heavy atom. The van der Waals surface area contributed by atoms with Gasteiger partial charge in [-0.05, 0) is 88.5 Å². The van der Waals surface area contributed by atoms with E-state index in [1.165, 1.54) is 56.7 Å². The van der Waals surface area contributed by atoms with Gasteiger partial charge in [-0.2, -0.15) is 0 Å². The number of piperidine rings is 1. The van der Waals surface area contributed by atoms with Crippen LogP contribution in [0.15, 0.2) is 18.2 Å². The van der Waals surface area contributed by atoms with Crippen LogP contribution in [0, 0.1) is 5.92 Å². The molecule has 0 spiro atoms. The highest BCUT2D eigenvalue weighted by Crippen LogP contribution is 2.25. The minimum absolute atomic E-state index is 0.848. The molecule has 1 aromatic rings. The molecule has 0 aromatic heterocycles. The van der Waals surface area contributed by atoms with Crippen molar-refractivity contribution in [1.82, 2.24) is 10.2 Å². The average Bonchev–Trinajstić information content (AvgIpc) is 2.61. The number of nitrogens with zero attached hydrogens (tertiary/aromatic N) is 2. The third-order valence-corrected chi connectivity index (χ3v) is 5.51. The Balaban J connectivity index is 1.86. The highest BCUT2D eigenvalue weighted by molar-refractivity contribution is 6.30. The zero-order valence-corrected chi connectivity index (χ0v) is 16.4. The van der Waals surface area contributed by atoms with Gasteiger partial charge in [0.25, 0.3) is 0 Å². The molecule has 0 amide bonds. The molecule has 2 rings (SSSR count). The smallest absolute Gasteiger partial charge is 0.0410 e. The van der Waals surface area contributed by atoms with Crippen molar-refractivity contribution in [3.8, 4) is 0 Å². The van der Waals surface area contributed by atoms with E-state index in [0.29, 0.717) is 0 Å². The number of halogens is 1. The Morgan fingerprint density at radius 1 is 1.17 bits per heavy atom. The first-order chi connectivity index (χ1) is 11.6. The minimum atomic E-state index is 0.848. The number of hydrogen-bond donors (Lipinski definition) is 1. The Hall–Kier alpha value is -0.770. The summed E-state index contributed by atoms with van der Waals surface area (Å²) in [7, 11) is 2.15. The van der Waals surface area contributed by atoms with Crippen LogP contribution in [-0.2, 0) is 6.42 Å². The molecule has 0 saturated carbocycles. The van der Waals surface area contributed by atoms with Crippen LogP contribution in [0.5, 0.6) is 0 Å². The largest absolute Gasteiger partial charge is 0.375 e. The molecule has 0 aliphatic carbocycles. The van der Waals surface area contributed by atoms with E-state index >= 15 is 0 Å². The summed E-state index contributed by atoms with van der Waals surface area (Å²) >= 11 is 6.23. The second-order valence-corrected chi connectivity index (χ2v) is 7.41. The van der Waals surface area contributed by atoms with E-state index in [2.05, 4.69) is 48.1 Å². The maximum atomic E-state index is 6.23. The lowest BCUT2D eigenvalue weighted by Gasteiger charge is -2.29. The van der Waals surface area contributed by atoms with Crippen LogP contribution in [-0.4, -0.2) is 51.2 Å². The van der Waals surface area contributed by atoms with Crippen LogP contribution in [0.3, 0.4) is 0 Å². The lowest BCUT2D eigenvalue weighted by atomic mass is 9.97. The lowest BCUT2D eigenvalue weighted by Crippen LogP contribution is -2.36. The molecule has 1 N–H and O–H groups in total. The van der Waals surface area contributed by atoms with E-state index in [4.69, 9.17) is 11.6 Å². The van der Waals surface area contributed by atoms with Gasteiger partial charge in [0.1, 0.15) is 0 Å². The first-order valence-electron chi connectivity index (χ1n) is 9.56. The van der Waals surface area contributed by atoms with Crippen molar-refractivity contribution in [3.63, 3.8) is 0 Å². The predicted octanol–water partition coefficient (Wildman–Crippen LogP) is 4.05. The standard InChI is InChI=1S/C20H34ClN3/c1-4-23(3)20-9-8-19(21)15-18(20)7-6-14-24(5-2)16-17-10-12-22-13-11-17/h8-9,15,17,22H,4-7,10-14,16H2,1-3H3. The molecular weight excluding hydrogens is 318 g/mol. The summed E-state index contributed by atoms with van der Waals surface area (Å²) in [6.07, 6.45) is 4.96. The van der Waals surface area contributed by atoms with Gasteiger partial charge in [0, 0.05) is 30.8 Å². The normalized spacial score (nSPS) is 15.9. The summed E-state index contributed by atoms with van der Waals surface area (Å²) in [5.74, 6) is 0.874. The number of rotatable bonds is 9. The van der Waals surface area contributed by atoms with E-state index < -0.39 is 0 Å². The van der Waals surface area contributed by atoms with Gasteiger partial charge in [-0.1, -0.05) is 18.5 Å². The Morgan fingerprint density at radius 2 is 1.92 bits per heavy atom. The molecule has 1 aliphatic rings. The molecule has 3 nitrogen and oxygen atoms in total. The summed E-state index contributed by atoms with van der Waals surface area (Å²) < 4.78 is 0. The molecule has 1 aliphatic heterocycles. The van der Waals surface area contributed by atoms with Crippen molar-refractivity contribution in [2.75, 3.05) is 51.2 Å². The molecule has 1 fully saturated rings. The maximum absolute atomic E-state index is 6.23. The molecular formula is C20H34ClN3. The first kappa shape index (κ1) is 19.6. The third-order valence-electron chi connectivity index (χ3n) is 5.27. The molecule has 136 valence electrons. The van der Waals surface area contributed by atoms with Gasteiger partial charge in [0.05, 0.1) is 0 Å². The van der Waals surface area contributed by atoms with Gasteiger partial charge in [-0.15, -0.1) is 0 Å². The molecule has 1 saturated heterocycles. The molecule has 0 unspecified atom stereocenters. The van der Waals surface area contributed by atoms with Crippen LogP contribution in [0.4, 0.5) is 5.69 Å². The van der Waals surface area contributed by atoms with Crippen LogP contribution < -0.4 is 10.2 Å². The molecule has 0 atom stereocenters. The lowest BCUT2D eigenvalue weighted by molar-refractivity contribution is 0.212. The molecule has 1 aromatic carbocycles. The fraction of sp³-hybridized carbons (Fsp3) is 0.700. The van der Waals surface area contributed by atoms with Crippen LogP contribution in [0.25, 0.3) is 0 Å². The van der Waals surface area contributed by atoms with Crippen LogP contribution in [0.1, 0.15) is 38.7 Å². The fourth-order valence-electron chi connectivity index (χ4n) is 3.60. The first-order valence-corrected chi connectivity index (χ1v) is 9.94. The second kappa shape index (κ2) is 10.3. The van der Waals surface area contributed by atoms with Crippen molar-refractivity contribution in [1.29, 1.82) is 0 Å². The van der Waals surface area contributed by atoms with E-state index in [1.54, 1.807) is 0 Å². The maximum Gasteiger partial charge on any atom is 0.0410 e. The summed E-state index contributed by atoms with van der Waals surface area (Å²) in [6, 6.07) is 6.31. The van der Waals surface area contributed by atoms with Crippen LogP contribution in [0.2, 0.25) is 5.02 Å². The third kappa shape index (κ3) is 5.94. The Kier molecular flexibility index (Phi) is 8.37. The topological polar surface area (TPSA) is 18.5 Å². The van der Waals surface area contributed by atoms with Crippen molar-refractivity contribution >= 4 is 17.3 Å². The molecule has 4 heteroatoms. The highest BCUT2D eigenvalue weighted by atomic mass is 35.5. The van der Waals surface area contributed by atoms with Gasteiger partial charge in [-0.3, -0.25) is 0 Å². The summed E-state index contributed by atoms with van der Waals surface area (Å²) in [5.41, 5.74) is 2.70. The van der Waals surface area contributed by atoms with Crippen molar-refractivity contribution in [2.24, 2.45) is 5.92 Å². The van der Waals surface area contributed by atoms with Crippen molar-refractivity contribution < 1.29 is 0 Å². The number of nitrogens with one attached hydrogen (secondary N) is 1. The highest BCUT2D eigenvalue weighted by Gasteiger charge is 2.16. The quantitative estimate of drug-likeness (QED) is 0.724. The number of aryl methyl sites for hydroxylation is 1. The average molecular weight is 352 g/mol. The van der Waals surface area contributed by atoms with Crippen molar-refractivity contribution in [2.45, 2.75) is 39.5 Å². The van der Waals surface area contributed by atoms with Crippen molar-refractivity contribution in [3.05, 3.63) is 28.8 Å². The monoisotopic (exact) mass is 351 g/mol. The molecule has 0 bridgehead atoms. The Labute approximate surface area is 153 Å². The second-order valence-electron chi connectivity index (χ2n) is 6.98. The van der Waals surface area contributed by atoms with E-state index in [1.807, 2.05) is 6.07 Å². The fourth-order valence-corrected chi connectivity index (χ4v) is 3.79. The molecule has 1 heterocycles. The minimum Gasteiger partial charge on any atom is -0.375 e. The summed E-state index contributed by atoms with van der Waals surface area (Å²) in [6.45, 7) is 11.5. The van der Waals surface area contributed by atoms with Gasteiger partial charge >= 0.3 is 0 Å². The molecule has 0 radical (unpaired) electrons. The van der Waals surface area contributed by atoms with E-state index in [-0.39, 0.29) is 0 Å². The molecule has 24 heavy (non-hydrogen) atoms. The SMILES string of the molecule is CCN(CCCc1cc(Cl)ccc1N(C)CC)CC1CCNCC1. The van der Waals surface area contributed by atoms with Gasteiger partial charge in [0.15, 0.2) is 0 Å².